The molecule has 2 amide bonds. The van der Waals surface area contributed by atoms with E-state index in [1.54, 1.807) is 13.8 Å². The summed E-state index contributed by atoms with van der Waals surface area (Å²) in [5, 5.41) is 21.2. The Kier molecular flexibility index (Phi) is 7.24. The van der Waals surface area contributed by atoms with Crippen LogP contribution in [-0.2, 0) is 49.1 Å². The van der Waals surface area contributed by atoms with Gasteiger partial charge in [-0.1, -0.05) is 6.92 Å². The minimum absolute atomic E-state index is 0.0130. The molecule has 14 heteroatoms. The number of aromatic nitrogens is 2. The molecular formula is C31H32FN5O8. The summed E-state index contributed by atoms with van der Waals surface area (Å²) in [6, 6.07) is 0.639. The second-order valence-corrected chi connectivity index (χ2v) is 11.7. The lowest BCUT2D eigenvalue weighted by molar-refractivity contribution is -0.172. The fourth-order valence-corrected chi connectivity index (χ4v) is 7.16. The molecule has 2 aromatic heterocycles. The monoisotopic (exact) mass is 621 g/mol. The molecule has 3 atom stereocenters. The van der Waals surface area contributed by atoms with Gasteiger partial charge in [0, 0.05) is 29.0 Å². The molecule has 3 aliphatic rings. The molecule has 0 unspecified atom stereocenters. The van der Waals surface area contributed by atoms with Crippen molar-refractivity contribution < 1.29 is 38.5 Å². The highest BCUT2D eigenvalue weighted by atomic mass is 19.1. The number of amides is 2. The number of ether oxygens (including phenoxy) is 1. The second kappa shape index (κ2) is 10.7. The number of esters is 1. The predicted molar refractivity (Wildman–Crippen MR) is 156 cm³/mol. The third-order valence-electron chi connectivity index (χ3n) is 9.44. The number of hydrogen-bond acceptors (Lipinski definition) is 9. The summed E-state index contributed by atoms with van der Waals surface area (Å²) in [7, 11) is 0. The summed E-state index contributed by atoms with van der Waals surface area (Å²) in [5.41, 5.74) is 12.1. The van der Waals surface area contributed by atoms with Crippen molar-refractivity contribution in [1.29, 1.82) is 0 Å². The van der Waals surface area contributed by atoms with E-state index in [1.165, 1.54) is 21.6 Å². The highest BCUT2D eigenvalue weighted by Crippen LogP contribution is 2.48. The highest BCUT2D eigenvalue weighted by Gasteiger charge is 2.46. The number of carbonyl (C=O) groups excluding carboxylic acids is 3. The average Bonchev–Trinajstić information content (AvgIpc) is 3.38. The minimum Gasteiger partial charge on any atom is -0.481 e. The van der Waals surface area contributed by atoms with E-state index >= 15 is 4.39 Å². The molecule has 1 aliphatic carbocycles. The van der Waals surface area contributed by atoms with Crippen LogP contribution in [0.3, 0.4) is 0 Å². The summed E-state index contributed by atoms with van der Waals surface area (Å²) < 4.78 is 21.8. The molecular weight excluding hydrogens is 589 g/mol. The Morgan fingerprint density at radius 3 is 2.62 bits per heavy atom. The molecule has 1 aromatic carbocycles. The zero-order chi connectivity index (χ0) is 32.5. The first-order chi connectivity index (χ1) is 21.3. The number of carboxylic acid groups (broad SMARTS) is 1. The lowest BCUT2D eigenvalue weighted by Crippen LogP contribution is -2.52. The number of pyridine rings is 2. The number of hydrogen-bond donors (Lipinski definition) is 4. The Morgan fingerprint density at radius 2 is 1.98 bits per heavy atom. The standard InChI is InChI=1S/C31H32FN5O8/c1-3-31(44)17-8-22-27-15(11-36(22)29(42)16(17)12-45-30(31)43)26-20(5-4-14-13(2)18(32)9-19(35-27)25(14)26)37(23(38)10-33)21(28(34)41)6-7-24(39)40/h8-9,20-21,44H,3-7,10-12,33H2,1-2H3,(H2,34,41)(H,39,40)/t20-,21-,31-/m0/s1. The van der Waals surface area contributed by atoms with Crippen LogP contribution in [0, 0.1) is 12.7 Å². The number of rotatable bonds is 8. The molecule has 0 saturated heterocycles. The third kappa shape index (κ3) is 4.42. The highest BCUT2D eigenvalue weighted by molar-refractivity contribution is 5.95. The van der Waals surface area contributed by atoms with Crippen molar-refractivity contribution in [2.24, 2.45) is 11.5 Å². The number of carboxylic acids is 1. The molecule has 0 fully saturated rings. The third-order valence-corrected chi connectivity index (χ3v) is 9.44. The lowest BCUT2D eigenvalue weighted by atomic mass is 9.80. The number of fused-ring (bicyclic) bond motifs is 5. The van der Waals surface area contributed by atoms with E-state index in [2.05, 4.69) is 0 Å². The number of carbonyl (C=O) groups is 4. The van der Waals surface area contributed by atoms with Gasteiger partial charge in [0.05, 0.1) is 41.6 Å². The average molecular weight is 622 g/mol. The van der Waals surface area contributed by atoms with E-state index in [0.717, 1.165) is 0 Å². The molecule has 45 heavy (non-hydrogen) atoms. The number of halogens is 1. The number of benzene rings is 1. The van der Waals surface area contributed by atoms with Crippen LogP contribution in [-0.4, -0.2) is 61.0 Å². The summed E-state index contributed by atoms with van der Waals surface area (Å²) in [6.07, 6.45) is -0.212. The number of aryl methyl sites for hydroxylation is 1. The van der Waals surface area contributed by atoms with Crippen molar-refractivity contribution in [3.05, 3.63) is 61.7 Å². The van der Waals surface area contributed by atoms with Crippen LogP contribution in [0.2, 0.25) is 0 Å². The second-order valence-electron chi connectivity index (χ2n) is 11.7. The van der Waals surface area contributed by atoms with Crippen LogP contribution in [0.1, 0.15) is 72.0 Å². The number of nitrogens with two attached hydrogens (primary N) is 2. The van der Waals surface area contributed by atoms with E-state index in [0.29, 0.717) is 34.1 Å². The SMILES string of the molecule is CC[C@@]1(O)C(=O)OCc2c1cc1n(c2=O)Cc2c-1nc1cc(F)c(C)c3c1c2[C@@H](N(C(=O)CN)[C@@H](CCC(=O)O)C(N)=O)CC3. The van der Waals surface area contributed by atoms with Gasteiger partial charge in [-0.25, -0.2) is 14.2 Å². The molecule has 236 valence electrons. The van der Waals surface area contributed by atoms with Crippen LogP contribution in [0.4, 0.5) is 4.39 Å². The zero-order valence-electron chi connectivity index (χ0n) is 24.7. The number of primary amides is 1. The molecule has 0 saturated carbocycles. The van der Waals surface area contributed by atoms with Gasteiger partial charge in [-0.05, 0) is 55.4 Å². The molecule has 0 bridgehead atoms. The van der Waals surface area contributed by atoms with Crippen molar-refractivity contribution in [3.8, 4) is 11.4 Å². The molecule has 2 aliphatic heterocycles. The normalized spacial score (nSPS) is 20.2. The number of aliphatic carboxylic acids is 1. The molecule has 6 N–H and O–H groups in total. The first-order valence-corrected chi connectivity index (χ1v) is 14.7. The van der Waals surface area contributed by atoms with Gasteiger partial charge in [0.25, 0.3) is 5.56 Å². The summed E-state index contributed by atoms with van der Waals surface area (Å²) >= 11 is 0. The van der Waals surface area contributed by atoms with Crippen molar-refractivity contribution in [2.75, 3.05) is 6.54 Å². The Labute approximate surface area is 255 Å². The van der Waals surface area contributed by atoms with E-state index in [1.807, 2.05) is 0 Å². The summed E-state index contributed by atoms with van der Waals surface area (Å²) in [5.74, 6) is -4.09. The predicted octanol–water partition coefficient (Wildman–Crippen LogP) is 1.02. The molecule has 4 heterocycles. The Balaban J connectivity index is 1.65. The van der Waals surface area contributed by atoms with Crippen molar-refractivity contribution in [1.82, 2.24) is 14.5 Å². The largest absolute Gasteiger partial charge is 0.481 e. The van der Waals surface area contributed by atoms with E-state index in [9.17, 15) is 34.2 Å². The molecule has 6 rings (SSSR count). The lowest BCUT2D eigenvalue weighted by Gasteiger charge is -2.40. The smallest absolute Gasteiger partial charge is 0.343 e. The Hall–Kier alpha value is -4.69. The topological polar surface area (TPSA) is 208 Å². The Bertz CT molecular complexity index is 1910. The van der Waals surface area contributed by atoms with Gasteiger partial charge in [-0.3, -0.25) is 19.2 Å². The summed E-state index contributed by atoms with van der Waals surface area (Å²) in [6.45, 7) is 2.40. The number of cyclic esters (lactones) is 1. The van der Waals surface area contributed by atoms with E-state index in [-0.39, 0.29) is 60.4 Å². The van der Waals surface area contributed by atoms with Crippen LogP contribution >= 0.6 is 0 Å². The van der Waals surface area contributed by atoms with Crippen LogP contribution in [0.5, 0.6) is 0 Å². The van der Waals surface area contributed by atoms with Crippen LogP contribution in [0.15, 0.2) is 16.9 Å². The van der Waals surface area contributed by atoms with Crippen molar-refractivity contribution >= 4 is 34.7 Å². The van der Waals surface area contributed by atoms with Gasteiger partial charge >= 0.3 is 11.9 Å². The number of aliphatic hydroxyl groups is 1. The van der Waals surface area contributed by atoms with Gasteiger partial charge in [0.1, 0.15) is 18.5 Å². The zero-order valence-corrected chi connectivity index (χ0v) is 24.7. The fraction of sp³-hybridized carbons (Fsp3) is 0.419. The van der Waals surface area contributed by atoms with Gasteiger partial charge in [-0.15, -0.1) is 0 Å². The number of nitrogens with zero attached hydrogens (tertiary/aromatic N) is 3. The van der Waals surface area contributed by atoms with Crippen LogP contribution < -0.4 is 17.0 Å². The maximum absolute atomic E-state index is 15.3. The van der Waals surface area contributed by atoms with Gasteiger partial charge < -0.3 is 35.9 Å². The van der Waals surface area contributed by atoms with E-state index in [4.69, 9.17) is 21.2 Å². The fourth-order valence-electron chi connectivity index (χ4n) is 7.16. The first-order valence-electron chi connectivity index (χ1n) is 14.7. The van der Waals surface area contributed by atoms with Gasteiger partial charge in [0.2, 0.25) is 11.8 Å². The molecule has 0 radical (unpaired) electrons. The molecule has 13 nitrogen and oxygen atoms in total. The molecule has 0 spiro atoms. The summed E-state index contributed by atoms with van der Waals surface area (Å²) in [4.78, 5) is 70.2. The maximum atomic E-state index is 15.3. The van der Waals surface area contributed by atoms with Crippen LogP contribution in [0.25, 0.3) is 22.3 Å². The van der Waals surface area contributed by atoms with Crippen molar-refractivity contribution in [2.45, 2.75) is 76.8 Å². The van der Waals surface area contributed by atoms with Crippen molar-refractivity contribution in [3.63, 3.8) is 0 Å². The van der Waals surface area contributed by atoms with Gasteiger partial charge in [-0.2, -0.15) is 0 Å². The van der Waals surface area contributed by atoms with Gasteiger partial charge in [0.15, 0.2) is 5.60 Å². The van der Waals surface area contributed by atoms with E-state index < -0.39 is 65.8 Å². The Morgan fingerprint density at radius 1 is 1.24 bits per heavy atom. The quantitative estimate of drug-likeness (QED) is 0.205. The first kappa shape index (κ1) is 30.3. The minimum atomic E-state index is -2.06. The maximum Gasteiger partial charge on any atom is 0.343 e. The molecule has 3 aromatic rings.